The van der Waals surface area contributed by atoms with Crippen molar-refractivity contribution >= 4 is 43.2 Å². The van der Waals surface area contributed by atoms with Gasteiger partial charge in [-0.25, -0.2) is 8.78 Å². The standard InChI is InChI=1S/C12H9Br2F2NS/c1-17-11(12-7(14)2-3-18-12)10-8(15)4-6(13)5-9(10)16/h2-5,11,17H,1H3. The van der Waals surface area contributed by atoms with E-state index in [0.29, 0.717) is 4.47 Å². The van der Waals surface area contributed by atoms with Crippen molar-refractivity contribution in [2.75, 3.05) is 7.05 Å². The van der Waals surface area contributed by atoms with E-state index >= 15 is 0 Å². The van der Waals surface area contributed by atoms with Gasteiger partial charge in [0.05, 0.1) is 6.04 Å². The van der Waals surface area contributed by atoms with Gasteiger partial charge in [0.15, 0.2) is 0 Å². The molecule has 0 spiro atoms. The van der Waals surface area contributed by atoms with Crippen LogP contribution in [0.4, 0.5) is 8.78 Å². The van der Waals surface area contributed by atoms with E-state index in [9.17, 15) is 8.78 Å². The van der Waals surface area contributed by atoms with Crippen LogP contribution in [0.2, 0.25) is 0 Å². The highest BCUT2D eigenvalue weighted by Crippen LogP contribution is 2.35. The average Bonchev–Trinajstić information content (AvgIpc) is 2.69. The van der Waals surface area contributed by atoms with Gasteiger partial charge in [-0.2, -0.15) is 0 Å². The number of halogens is 4. The highest BCUT2D eigenvalue weighted by molar-refractivity contribution is 9.10. The molecule has 2 rings (SSSR count). The first-order chi connectivity index (χ1) is 8.54. The number of rotatable bonds is 3. The van der Waals surface area contributed by atoms with Gasteiger partial charge in [0.2, 0.25) is 0 Å². The molecule has 0 radical (unpaired) electrons. The topological polar surface area (TPSA) is 12.0 Å². The molecule has 1 unspecified atom stereocenters. The molecule has 1 nitrogen and oxygen atoms in total. The molecular formula is C12H9Br2F2NS. The van der Waals surface area contributed by atoms with Gasteiger partial charge in [0, 0.05) is 19.4 Å². The molecule has 0 fully saturated rings. The SMILES string of the molecule is CNC(c1sccc1Br)c1c(F)cc(Br)cc1F. The van der Waals surface area contributed by atoms with Gasteiger partial charge in [0.25, 0.3) is 0 Å². The fourth-order valence-corrected chi connectivity index (χ4v) is 3.87. The summed E-state index contributed by atoms with van der Waals surface area (Å²) in [4.78, 5) is 0.845. The number of hydrogen-bond donors (Lipinski definition) is 1. The Morgan fingerprint density at radius 2 is 1.83 bits per heavy atom. The zero-order chi connectivity index (χ0) is 13.3. The fourth-order valence-electron chi connectivity index (χ4n) is 1.75. The molecule has 0 aliphatic heterocycles. The largest absolute Gasteiger partial charge is 0.308 e. The summed E-state index contributed by atoms with van der Waals surface area (Å²) in [5.41, 5.74) is 0.0313. The maximum absolute atomic E-state index is 14.0. The molecule has 2 aromatic rings. The van der Waals surface area contributed by atoms with Gasteiger partial charge in [-0.1, -0.05) is 15.9 Å². The van der Waals surface area contributed by atoms with Crippen molar-refractivity contribution in [3.8, 4) is 0 Å². The minimum atomic E-state index is -0.568. The monoisotopic (exact) mass is 395 g/mol. The van der Waals surface area contributed by atoms with Gasteiger partial charge in [-0.15, -0.1) is 11.3 Å². The molecular weight excluding hydrogens is 388 g/mol. The van der Waals surface area contributed by atoms with Crippen LogP contribution in [-0.2, 0) is 0 Å². The van der Waals surface area contributed by atoms with Gasteiger partial charge in [0.1, 0.15) is 11.6 Å². The van der Waals surface area contributed by atoms with Crippen LogP contribution in [0.5, 0.6) is 0 Å². The predicted octanol–water partition coefficient (Wildman–Crippen LogP) is 4.86. The third kappa shape index (κ3) is 2.66. The van der Waals surface area contributed by atoms with E-state index in [1.165, 1.54) is 23.5 Å². The second-order valence-electron chi connectivity index (χ2n) is 3.64. The summed E-state index contributed by atoms with van der Waals surface area (Å²) in [5, 5.41) is 4.82. The lowest BCUT2D eigenvalue weighted by molar-refractivity contribution is 0.523. The lowest BCUT2D eigenvalue weighted by atomic mass is 10.0. The first kappa shape index (κ1) is 14.1. The van der Waals surface area contributed by atoms with Crippen molar-refractivity contribution in [3.63, 3.8) is 0 Å². The Morgan fingerprint density at radius 1 is 1.22 bits per heavy atom. The summed E-state index contributed by atoms with van der Waals surface area (Å²) in [7, 11) is 1.68. The van der Waals surface area contributed by atoms with E-state index < -0.39 is 17.7 Å². The zero-order valence-corrected chi connectivity index (χ0v) is 13.3. The maximum atomic E-state index is 14.0. The molecule has 1 heterocycles. The van der Waals surface area contributed by atoms with Crippen molar-refractivity contribution in [2.45, 2.75) is 6.04 Å². The van der Waals surface area contributed by atoms with E-state index in [1.54, 1.807) is 7.05 Å². The highest BCUT2D eigenvalue weighted by Gasteiger charge is 2.23. The maximum Gasteiger partial charge on any atom is 0.132 e. The van der Waals surface area contributed by atoms with Crippen LogP contribution in [0.25, 0.3) is 0 Å². The molecule has 18 heavy (non-hydrogen) atoms. The second kappa shape index (κ2) is 5.77. The smallest absolute Gasteiger partial charge is 0.132 e. The Balaban J connectivity index is 2.56. The molecule has 0 bridgehead atoms. The van der Waals surface area contributed by atoms with Crippen molar-refractivity contribution < 1.29 is 8.78 Å². The third-order valence-electron chi connectivity index (χ3n) is 2.53. The van der Waals surface area contributed by atoms with E-state index in [2.05, 4.69) is 37.2 Å². The first-order valence-electron chi connectivity index (χ1n) is 5.09. The van der Waals surface area contributed by atoms with Crippen LogP contribution >= 0.6 is 43.2 Å². The van der Waals surface area contributed by atoms with Crippen LogP contribution in [0.1, 0.15) is 16.5 Å². The lowest BCUT2D eigenvalue weighted by Crippen LogP contribution is -2.19. The molecule has 6 heteroatoms. The Bertz CT molecular complexity index is 548. The Labute approximate surface area is 124 Å². The Kier molecular flexibility index (Phi) is 4.53. The fraction of sp³-hybridized carbons (Fsp3) is 0.167. The van der Waals surface area contributed by atoms with E-state index in [1.807, 2.05) is 11.4 Å². The quantitative estimate of drug-likeness (QED) is 0.781. The molecule has 0 aliphatic rings. The van der Waals surface area contributed by atoms with Gasteiger partial charge in [-0.3, -0.25) is 0 Å². The summed E-state index contributed by atoms with van der Waals surface area (Å²) < 4.78 is 29.1. The summed E-state index contributed by atoms with van der Waals surface area (Å²) in [5.74, 6) is -1.14. The van der Waals surface area contributed by atoms with Gasteiger partial charge >= 0.3 is 0 Å². The lowest BCUT2D eigenvalue weighted by Gasteiger charge is -2.17. The summed E-state index contributed by atoms with van der Waals surface area (Å²) in [6.45, 7) is 0. The van der Waals surface area contributed by atoms with Gasteiger partial charge < -0.3 is 5.32 Å². The molecule has 1 atom stereocenters. The van der Waals surface area contributed by atoms with Crippen molar-refractivity contribution in [1.82, 2.24) is 5.32 Å². The minimum Gasteiger partial charge on any atom is -0.308 e. The number of nitrogens with one attached hydrogen (secondary N) is 1. The molecule has 0 saturated carbocycles. The molecule has 0 aliphatic carbocycles. The summed E-state index contributed by atoms with van der Waals surface area (Å²) in [6.07, 6.45) is 0. The molecule has 1 aromatic heterocycles. The predicted molar refractivity (Wildman–Crippen MR) is 77.0 cm³/mol. The first-order valence-corrected chi connectivity index (χ1v) is 7.55. The highest BCUT2D eigenvalue weighted by atomic mass is 79.9. The van der Waals surface area contributed by atoms with Crippen LogP contribution in [0.3, 0.4) is 0 Å². The van der Waals surface area contributed by atoms with E-state index in [4.69, 9.17) is 0 Å². The van der Waals surface area contributed by atoms with Crippen LogP contribution in [0.15, 0.2) is 32.5 Å². The van der Waals surface area contributed by atoms with Crippen LogP contribution in [-0.4, -0.2) is 7.05 Å². The summed E-state index contributed by atoms with van der Waals surface area (Å²) in [6, 6.07) is 3.89. The molecule has 0 amide bonds. The molecule has 0 saturated heterocycles. The molecule has 96 valence electrons. The Hall–Kier alpha value is -0.300. The van der Waals surface area contributed by atoms with Crippen molar-refractivity contribution in [2.24, 2.45) is 0 Å². The van der Waals surface area contributed by atoms with E-state index in [0.717, 1.165) is 9.35 Å². The molecule has 1 N–H and O–H groups in total. The van der Waals surface area contributed by atoms with Crippen LogP contribution < -0.4 is 5.32 Å². The minimum absolute atomic E-state index is 0.0313. The summed E-state index contributed by atoms with van der Waals surface area (Å²) >= 11 is 7.90. The number of thiophene rings is 1. The second-order valence-corrected chi connectivity index (χ2v) is 6.36. The average molecular weight is 397 g/mol. The van der Waals surface area contributed by atoms with Crippen LogP contribution in [0, 0.1) is 11.6 Å². The number of benzene rings is 1. The zero-order valence-electron chi connectivity index (χ0n) is 9.31. The van der Waals surface area contributed by atoms with Gasteiger partial charge in [-0.05, 0) is 46.6 Å². The molecule has 1 aromatic carbocycles. The number of hydrogen-bond acceptors (Lipinski definition) is 2. The van der Waals surface area contributed by atoms with Crippen molar-refractivity contribution in [3.05, 3.63) is 54.6 Å². The third-order valence-corrected chi connectivity index (χ3v) is 4.92. The normalized spacial score (nSPS) is 12.7. The Morgan fingerprint density at radius 3 is 2.28 bits per heavy atom. The van der Waals surface area contributed by atoms with Crippen molar-refractivity contribution in [1.29, 1.82) is 0 Å². The van der Waals surface area contributed by atoms with E-state index in [-0.39, 0.29) is 5.56 Å².